The first-order valence-corrected chi connectivity index (χ1v) is 11.7. The molecule has 0 fully saturated rings. The maximum Gasteiger partial charge on any atom is 0.417 e. The molecule has 0 radical (unpaired) electrons. The summed E-state index contributed by atoms with van der Waals surface area (Å²) in [5.41, 5.74) is 3.60. The van der Waals surface area contributed by atoms with Crippen molar-refractivity contribution in [3.05, 3.63) is 76.5 Å². The molecule has 1 aliphatic rings. The molecule has 0 aromatic carbocycles. The van der Waals surface area contributed by atoms with Crippen LogP contribution >= 0.6 is 0 Å². The second-order valence-electron chi connectivity index (χ2n) is 9.17. The van der Waals surface area contributed by atoms with Gasteiger partial charge >= 0.3 is 12.2 Å². The van der Waals surface area contributed by atoms with E-state index in [0.29, 0.717) is 30.8 Å². The number of aryl methyl sites for hydroxylation is 1. The lowest BCUT2D eigenvalue weighted by Crippen LogP contribution is -2.41. The molecule has 2 amide bonds. The third-order valence-corrected chi connectivity index (χ3v) is 6.27. The van der Waals surface area contributed by atoms with E-state index in [0.717, 1.165) is 34.7 Å². The highest BCUT2D eigenvalue weighted by Gasteiger charge is 2.31. The number of amides is 2. The Kier molecular flexibility index (Phi) is 7.15. The van der Waals surface area contributed by atoms with E-state index in [1.807, 2.05) is 19.1 Å². The Morgan fingerprint density at radius 3 is 2.41 bits per heavy atom. The van der Waals surface area contributed by atoms with Gasteiger partial charge < -0.3 is 9.80 Å². The van der Waals surface area contributed by atoms with Crippen molar-refractivity contribution in [2.45, 2.75) is 32.9 Å². The number of hydrogen-bond acceptors (Lipinski definition) is 5. The fourth-order valence-corrected chi connectivity index (χ4v) is 4.28. The van der Waals surface area contributed by atoms with Gasteiger partial charge in [-0.2, -0.15) is 18.3 Å². The molecule has 0 spiro atoms. The molecule has 3 aromatic heterocycles. The Balaban J connectivity index is 1.46. The molecule has 4 heterocycles. The van der Waals surface area contributed by atoms with E-state index in [2.05, 4.69) is 15.1 Å². The number of halogens is 3. The second kappa shape index (κ2) is 10.2. The Hall–Kier alpha value is -4.02. The summed E-state index contributed by atoms with van der Waals surface area (Å²) < 4.78 is 39.8. The van der Waals surface area contributed by atoms with Gasteiger partial charge in [0.15, 0.2) is 11.6 Å². The van der Waals surface area contributed by atoms with Crippen molar-refractivity contribution in [1.29, 1.82) is 0 Å². The molecule has 37 heavy (non-hydrogen) atoms. The van der Waals surface area contributed by atoms with Gasteiger partial charge in [-0.05, 0) is 49.1 Å². The topological polar surface area (TPSA) is 84.2 Å². The van der Waals surface area contributed by atoms with Gasteiger partial charge in [0.1, 0.15) is 0 Å². The van der Waals surface area contributed by atoms with E-state index in [4.69, 9.17) is 0 Å². The molecule has 0 bridgehead atoms. The summed E-state index contributed by atoms with van der Waals surface area (Å²) in [6, 6.07) is 4.05. The smallest absolute Gasteiger partial charge is 0.331 e. The molecule has 0 N–H and O–H groups in total. The van der Waals surface area contributed by atoms with Crippen LogP contribution in [0.1, 0.15) is 44.9 Å². The Labute approximate surface area is 212 Å². The van der Waals surface area contributed by atoms with Crippen LogP contribution in [0.25, 0.3) is 11.4 Å². The minimum absolute atomic E-state index is 0.0263. The average Bonchev–Trinajstić information content (AvgIpc) is 3.24. The number of aromatic nitrogens is 4. The lowest BCUT2D eigenvalue weighted by Gasteiger charge is -2.29. The van der Waals surface area contributed by atoms with Crippen molar-refractivity contribution in [3.8, 4) is 5.82 Å². The van der Waals surface area contributed by atoms with E-state index in [-0.39, 0.29) is 24.1 Å². The number of pyridine rings is 2. The summed E-state index contributed by atoms with van der Waals surface area (Å²) >= 11 is 0. The Bertz CT molecular complexity index is 1360. The van der Waals surface area contributed by atoms with Crippen molar-refractivity contribution in [1.82, 2.24) is 29.5 Å². The number of urea groups is 1. The van der Waals surface area contributed by atoms with Gasteiger partial charge in [-0.25, -0.2) is 14.5 Å². The highest BCUT2D eigenvalue weighted by Crippen LogP contribution is 2.29. The minimum atomic E-state index is -4.48. The molecule has 8 nitrogen and oxygen atoms in total. The average molecular weight is 513 g/mol. The summed E-state index contributed by atoms with van der Waals surface area (Å²) in [6.45, 7) is 4.74. The van der Waals surface area contributed by atoms with E-state index in [1.54, 1.807) is 37.0 Å². The zero-order chi connectivity index (χ0) is 26.9. The van der Waals surface area contributed by atoms with Gasteiger partial charge in [-0.3, -0.25) is 9.78 Å². The number of carbonyl (C=O) groups excluding carboxylic acids is 2. The fourth-order valence-electron chi connectivity index (χ4n) is 4.28. The van der Waals surface area contributed by atoms with Crippen molar-refractivity contribution < 1.29 is 22.8 Å². The highest BCUT2D eigenvalue weighted by atomic mass is 19.4. The van der Waals surface area contributed by atoms with Crippen LogP contribution in [-0.2, 0) is 12.6 Å². The van der Waals surface area contributed by atoms with E-state index in [9.17, 15) is 22.8 Å². The first kappa shape index (κ1) is 26.1. The van der Waals surface area contributed by atoms with Crippen molar-refractivity contribution in [3.63, 3.8) is 0 Å². The van der Waals surface area contributed by atoms with Gasteiger partial charge in [0, 0.05) is 46.0 Å². The van der Waals surface area contributed by atoms with E-state index < -0.39 is 11.7 Å². The minimum Gasteiger partial charge on any atom is -0.331 e. The predicted octanol–water partition coefficient (Wildman–Crippen LogP) is 4.49. The number of nitrogens with zero attached hydrogens (tertiary/aromatic N) is 6. The van der Waals surface area contributed by atoms with Crippen LogP contribution in [0, 0.1) is 13.8 Å². The summed E-state index contributed by atoms with van der Waals surface area (Å²) in [4.78, 5) is 36.9. The van der Waals surface area contributed by atoms with Crippen LogP contribution in [0.2, 0.25) is 0 Å². The molecule has 1 aliphatic heterocycles. The molecular formula is C26H27F3N6O2. The maximum atomic E-state index is 13.0. The molecular weight excluding hydrogens is 485 g/mol. The first-order valence-electron chi connectivity index (χ1n) is 11.7. The first-order chi connectivity index (χ1) is 17.5. The van der Waals surface area contributed by atoms with E-state index in [1.165, 1.54) is 16.9 Å². The standard InChI is InChI=1S/C26H27F3N6O2/c1-16-11-18(13-31-24(16)19-7-9-34(10-8-19)25(37)33(3)4)12-22(36)21-15-32-35(17(21)2)23-6-5-20(14-30-23)26(27,28)29/h5-7,11,13-15H,8-10,12H2,1-4H3. The molecule has 0 atom stereocenters. The van der Waals surface area contributed by atoms with Gasteiger partial charge in [0.2, 0.25) is 0 Å². The summed E-state index contributed by atoms with van der Waals surface area (Å²) in [5, 5.41) is 4.16. The van der Waals surface area contributed by atoms with Gasteiger partial charge in [0.05, 0.1) is 28.7 Å². The van der Waals surface area contributed by atoms with Gasteiger partial charge in [0.25, 0.3) is 0 Å². The van der Waals surface area contributed by atoms with Crippen LogP contribution in [0.5, 0.6) is 0 Å². The maximum absolute atomic E-state index is 13.0. The number of hydrogen-bond donors (Lipinski definition) is 0. The Morgan fingerprint density at radius 1 is 1.08 bits per heavy atom. The number of rotatable bonds is 5. The molecule has 3 aromatic rings. The quantitative estimate of drug-likeness (QED) is 0.471. The monoisotopic (exact) mass is 512 g/mol. The van der Waals surface area contributed by atoms with Gasteiger partial charge in [-0.1, -0.05) is 12.1 Å². The van der Waals surface area contributed by atoms with Gasteiger partial charge in [-0.15, -0.1) is 0 Å². The molecule has 0 unspecified atom stereocenters. The SMILES string of the molecule is Cc1cc(CC(=O)c2cnn(-c3ccc(C(F)(F)F)cn3)c2C)cnc1C1=CCN(C(=O)N(C)C)CC1. The third kappa shape index (κ3) is 5.55. The van der Waals surface area contributed by atoms with E-state index >= 15 is 0 Å². The molecule has 0 aliphatic carbocycles. The van der Waals surface area contributed by atoms with Crippen LogP contribution in [0.4, 0.5) is 18.0 Å². The summed E-state index contributed by atoms with van der Waals surface area (Å²) in [7, 11) is 3.46. The van der Waals surface area contributed by atoms with Crippen molar-refractivity contribution in [2.75, 3.05) is 27.2 Å². The molecule has 0 saturated heterocycles. The lowest BCUT2D eigenvalue weighted by atomic mass is 9.98. The number of carbonyl (C=O) groups is 2. The third-order valence-electron chi connectivity index (χ3n) is 6.27. The molecule has 194 valence electrons. The van der Waals surface area contributed by atoms with Crippen molar-refractivity contribution in [2.24, 2.45) is 0 Å². The molecule has 11 heteroatoms. The number of ketones is 1. The number of alkyl halides is 3. The van der Waals surface area contributed by atoms with Crippen LogP contribution in [0.3, 0.4) is 0 Å². The van der Waals surface area contributed by atoms with Crippen molar-refractivity contribution >= 4 is 17.4 Å². The zero-order valence-electron chi connectivity index (χ0n) is 21.0. The predicted molar refractivity (Wildman–Crippen MR) is 131 cm³/mol. The number of Topliss-reactive ketones (excluding diaryl/α,β-unsaturated/α-hetero) is 1. The largest absolute Gasteiger partial charge is 0.417 e. The summed E-state index contributed by atoms with van der Waals surface area (Å²) in [5.74, 6) is 0.0114. The second-order valence-corrected chi connectivity index (χ2v) is 9.17. The summed E-state index contributed by atoms with van der Waals surface area (Å²) in [6.07, 6.45) is 2.15. The van der Waals surface area contributed by atoms with Crippen LogP contribution < -0.4 is 0 Å². The zero-order valence-corrected chi connectivity index (χ0v) is 21.0. The molecule has 4 rings (SSSR count). The molecule has 0 saturated carbocycles. The normalized spacial score (nSPS) is 13.9. The fraction of sp³-hybridized carbons (Fsp3) is 0.346. The lowest BCUT2D eigenvalue weighted by molar-refractivity contribution is -0.137. The van der Waals surface area contributed by atoms with Crippen LogP contribution in [-0.4, -0.2) is 68.5 Å². The highest BCUT2D eigenvalue weighted by molar-refractivity contribution is 5.98. The Morgan fingerprint density at radius 2 is 1.84 bits per heavy atom. The van der Waals surface area contributed by atoms with Crippen LogP contribution in [0.15, 0.2) is 42.9 Å².